The molecule has 3 aromatic rings. The lowest BCUT2D eigenvalue weighted by molar-refractivity contribution is 0.419. The van der Waals surface area contributed by atoms with Crippen molar-refractivity contribution < 1.29 is 17.3 Å². The largest absolute Gasteiger partial charge is 0.496 e. The molecule has 0 aromatic heterocycles. The average molecular weight is 363 g/mol. The molecule has 0 spiro atoms. The van der Waals surface area contributed by atoms with E-state index in [1.165, 1.54) is 12.1 Å². The lowest BCUT2D eigenvalue weighted by Gasteiger charge is -2.12. The highest BCUT2D eigenvalue weighted by Gasteiger charge is 2.21. The maximum Gasteiger partial charge on any atom is 0.339 e. The van der Waals surface area contributed by atoms with Crippen LogP contribution < -0.4 is 8.92 Å². The van der Waals surface area contributed by atoms with Gasteiger partial charge in [0.2, 0.25) is 0 Å². The SMILES string of the molecule is COc1ccc(S(=O)(=O)Oc2ccc(Cl)c(C)c2)c2ccccc12. The number of ether oxygens (including phenoxy) is 1. The molecule has 0 aliphatic heterocycles. The van der Waals surface area contributed by atoms with E-state index in [0.717, 1.165) is 5.56 Å². The molecule has 0 bridgehead atoms. The smallest absolute Gasteiger partial charge is 0.339 e. The molecule has 0 heterocycles. The van der Waals surface area contributed by atoms with E-state index in [1.807, 2.05) is 6.07 Å². The van der Waals surface area contributed by atoms with Gasteiger partial charge >= 0.3 is 10.1 Å². The van der Waals surface area contributed by atoms with Crippen molar-refractivity contribution in [3.05, 3.63) is 65.2 Å². The minimum atomic E-state index is -3.99. The van der Waals surface area contributed by atoms with Crippen LogP contribution in [0, 0.1) is 6.92 Å². The van der Waals surface area contributed by atoms with Crippen LogP contribution in [-0.2, 0) is 10.1 Å². The van der Waals surface area contributed by atoms with Gasteiger partial charge in [0.1, 0.15) is 16.4 Å². The topological polar surface area (TPSA) is 52.6 Å². The van der Waals surface area contributed by atoms with E-state index in [9.17, 15) is 8.42 Å². The van der Waals surface area contributed by atoms with Crippen molar-refractivity contribution in [1.82, 2.24) is 0 Å². The van der Waals surface area contributed by atoms with Crippen LogP contribution >= 0.6 is 11.6 Å². The normalized spacial score (nSPS) is 11.5. The maximum absolute atomic E-state index is 12.7. The number of fused-ring (bicyclic) bond motifs is 1. The highest BCUT2D eigenvalue weighted by molar-refractivity contribution is 7.87. The Hall–Kier alpha value is -2.24. The third kappa shape index (κ3) is 3.05. The first kappa shape index (κ1) is 16.6. The second-order valence-corrected chi connectivity index (χ2v) is 7.18. The first-order valence-electron chi connectivity index (χ1n) is 7.19. The van der Waals surface area contributed by atoms with Gasteiger partial charge in [-0.2, -0.15) is 8.42 Å². The minimum Gasteiger partial charge on any atom is -0.496 e. The van der Waals surface area contributed by atoms with Crippen molar-refractivity contribution in [2.45, 2.75) is 11.8 Å². The van der Waals surface area contributed by atoms with Crippen LogP contribution in [0.4, 0.5) is 0 Å². The quantitative estimate of drug-likeness (QED) is 0.637. The molecule has 0 aliphatic carbocycles. The monoisotopic (exact) mass is 362 g/mol. The van der Waals surface area contributed by atoms with Gasteiger partial charge in [0.15, 0.2) is 0 Å². The third-order valence-corrected chi connectivity index (χ3v) is 5.40. The number of benzene rings is 3. The molecule has 0 fully saturated rings. The van der Waals surface area contributed by atoms with E-state index in [4.69, 9.17) is 20.5 Å². The van der Waals surface area contributed by atoms with Crippen molar-refractivity contribution in [3.63, 3.8) is 0 Å². The Morgan fingerprint density at radius 1 is 0.958 bits per heavy atom. The summed E-state index contributed by atoms with van der Waals surface area (Å²) >= 11 is 5.96. The van der Waals surface area contributed by atoms with Crippen molar-refractivity contribution in [3.8, 4) is 11.5 Å². The highest BCUT2D eigenvalue weighted by Crippen LogP contribution is 2.32. The molecule has 124 valence electrons. The lowest BCUT2D eigenvalue weighted by atomic mass is 10.1. The second-order valence-electron chi connectivity index (χ2n) is 5.26. The predicted octanol–water partition coefficient (Wildman–Crippen LogP) is 4.58. The van der Waals surface area contributed by atoms with Gasteiger partial charge in [-0.15, -0.1) is 0 Å². The summed E-state index contributed by atoms with van der Waals surface area (Å²) in [6.45, 7) is 1.78. The summed E-state index contributed by atoms with van der Waals surface area (Å²) in [5.74, 6) is 0.823. The Bertz CT molecular complexity index is 1010. The summed E-state index contributed by atoms with van der Waals surface area (Å²) in [7, 11) is -2.45. The Morgan fingerprint density at radius 2 is 1.67 bits per heavy atom. The third-order valence-electron chi connectivity index (χ3n) is 3.67. The van der Waals surface area contributed by atoms with Gasteiger partial charge < -0.3 is 8.92 Å². The minimum absolute atomic E-state index is 0.0894. The fourth-order valence-electron chi connectivity index (χ4n) is 2.48. The van der Waals surface area contributed by atoms with Crippen molar-refractivity contribution in [2.75, 3.05) is 7.11 Å². The van der Waals surface area contributed by atoms with Crippen molar-refractivity contribution in [1.29, 1.82) is 0 Å². The molecule has 0 unspecified atom stereocenters. The first-order valence-corrected chi connectivity index (χ1v) is 8.97. The molecule has 0 radical (unpaired) electrons. The van der Waals surface area contributed by atoms with E-state index >= 15 is 0 Å². The van der Waals surface area contributed by atoms with Gasteiger partial charge in [-0.1, -0.05) is 35.9 Å². The Balaban J connectivity index is 2.10. The summed E-state index contributed by atoms with van der Waals surface area (Å²) in [5, 5.41) is 1.80. The second kappa shape index (κ2) is 6.34. The summed E-state index contributed by atoms with van der Waals surface area (Å²) < 4.78 is 36.0. The number of hydrogen-bond donors (Lipinski definition) is 0. The van der Waals surface area contributed by atoms with Gasteiger partial charge in [0.25, 0.3) is 0 Å². The molecule has 0 N–H and O–H groups in total. The fraction of sp³-hybridized carbons (Fsp3) is 0.111. The standard InChI is InChI=1S/C18H15ClO4S/c1-12-11-13(7-8-16(12)19)23-24(20,21)18-10-9-17(22-2)14-5-3-4-6-15(14)18/h3-11H,1-2H3. The fourth-order valence-corrected chi connectivity index (χ4v) is 3.73. The lowest BCUT2D eigenvalue weighted by Crippen LogP contribution is -2.10. The highest BCUT2D eigenvalue weighted by atomic mass is 35.5. The zero-order valence-electron chi connectivity index (χ0n) is 13.1. The summed E-state index contributed by atoms with van der Waals surface area (Å²) in [4.78, 5) is 0.0894. The molecule has 6 heteroatoms. The van der Waals surface area contributed by atoms with Crippen LogP contribution in [0.1, 0.15) is 5.56 Å². The molecule has 0 atom stereocenters. The molecule has 4 nitrogen and oxygen atoms in total. The first-order chi connectivity index (χ1) is 11.4. The zero-order valence-corrected chi connectivity index (χ0v) is 14.7. The van der Waals surface area contributed by atoms with E-state index in [-0.39, 0.29) is 10.6 Å². The average Bonchev–Trinajstić information content (AvgIpc) is 2.56. The van der Waals surface area contributed by atoms with E-state index in [1.54, 1.807) is 50.4 Å². The molecular weight excluding hydrogens is 348 g/mol. The van der Waals surface area contributed by atoms with Gasteiger partial charge in [-0.3, -0.25) is 0 Å². The molecular formula is C18H15ClO4S. The number of halogens is 1. The summed E-state index contributed by atoms with van der Waals surface area (Å²) in [6, 6.07) is 14.9. The maximum atomic E-state index is 12.7. The zero-order chi connectivity index (χ0) is 17.3. The van der Waals surface area contributed by atoms with Gasteiger partial charge in [-0.05, 0) is 42.8 Å². The number of rotatable bonds is 4. The number of methoxy groups -OCH3 is 1. The van der Waals surface area contributed by atoms with E-state index in [0.29, 0.717) is 21.5 Å². The summed E-state index contributed by atoms with van der Waals surface area (Å²) in [5.41, 5.74) is 0.740. The van der Waals surface area contributed by atoms with E-state index < -0.39 is 10.1 Å². The predicted molar refractivity (Wildman–Crippen MR) is 94.5 cm³/mol. The Labute approximate surface area is 145 Å². The molecule has 0 saturated heterocycles. The molecule has 0 aliphatic rings. The summed E-state index contributed by atoms with van der Waals surface area (Å²) in [6.07, 6.45) is 0. The number of aryl methyl sites for hydroxylation is 1. The molecule has 3 rings (SSSR count). The van der Waals surface area contributed by atoms with Crippen LogP contribution in [0.25, 0.3) is 10.8 Å². The van der Waals surface area contributed by atoms with E-state index in [2.05, 4.69) is 0 Å². The Kier molecular flexibility index (Phi) is 4.39. The van der Waals surface area contributed by atoms with Crippen LogP contribution in [0.3, 0.4) is 0 Å². The van der Waals surface area contributed by atoms with Gasteiger partial charge in [0, 0.05) is 15.8 Å². The molecule has 3 aromatic carbocycles. The van der Waals surface area contributed by atoms with Crippen LogP contribution in [-0.4, -0.2) is 15.5 Å². The van der Waals surface area contributed by atoms with Gasteiger partial charge in [-0.25, -0.2) is 0 Å². The van der Waals surface area contributed by atoms with Crippen LogP contribution in [0.5, 0.6) is 11.5 Å². The Morgan fingerprint density at radius 3 is 2.33 bits per heavy atom. The van der Waals surface area contributed by atoms with Gasteiger partial charge in [0.05, 0.1) is 7.11 Å². The molecule has 0 saturated carbocycles. The van der Waals surface area contributed by atoms with Crippen LogP contribution in [0.15, 0.2) is 59.5 Å². The molecule has 24 heavy (non-hydrogen) atoms. The molecule has 0 amide bonds. The van der Waals surface area contributed by atoms with Crippen molar-refractivity contribution >= 4 is 32.5 Å². The number of hydrogen-bond acceptors (Lipinski definition) is 4. The van der Waals surface area contributed by atoms with Crippen molar-refractivity contribution in [2.24, 2.45) is 0 Å². The van der Waals surface area contributed by atoms with Crippen LogP contribution in [0.2, 0.25) is 5.02 Å².